The van der Waals surface area contributed by atoms with Gasteiger partial charge in [-0.25, -0.2) is 4.98 Å². The van der Waals surface area contributed by atoms with Gasteiger partial charge in [-0.15, -0.1) is 11.3 Å². The van der Waals surface area contributed by atoms with Gasteiger partial charge in [-0.2, -0.15) is 0 Å². The highest BCUT2D eigenvalue weighted by molar-refractivity contribution is 7.09. The first-order chi connectivity index (χ1) is 10.9. The van der Waals surface area contributed by atoms with E-state index in [2.05, 4.69) is 15.6 Å². The van der Waals surface area contributed by atoms with E-state index in [0.29, 0.717) is 6.54 Å². The molecular formula is C17H23N3O2S. The molecule has 0 unspecified atom stereocenters. The van der Waals surface area contributed by atoms with Crippen LogP contribution in [0.2, 0.25) is 0 Å². The van der Waals surface area contributed by atoms with E-state index in [0.717, 1.165) is 22.0 Å². The van der Waals surface area contributed by atoms with Gasteiger partial charge in [-0.3, -0.25) is 10.1 Å². The van der Waals surface area contributed by atoms with E-state index >= 15 is 0 Å². The second-order valence-electron chi connectivity index (χ2n) is 5.86. The molecule has 0 saturated heterocycles. The van der Waals surface area contributed by atoms with Crippen molar-refractivity contribution in [2.75, 3.05) is 13.7 Å². The van der Waals surface area contributed by atoms with Gasteiger partial charge in [0.1, 0.15) is 10.8 Å². The number of aromatic nitrogens is 1. The molecule has 0 atom stereocenters. The second kappa shape index (κ2) is 7.57. The summed E-state index contributed by atoms with van der Waals surface area (Å²) in [7, 11) is 1.63. The first-order valence-corrected chi connectivity index (χ1v) is 8.36. The van der Waals surface area contributed by atoms with E-state index in [1.54, 1.807) is 18.4 Å². The lowest BCUT2D eigenvalue weighted by atomic mass is 10.1. The fourth-order valence-electron chi connectivity index (χ4n) is 2.12. The number of para-hydroxylation sites is 1. The van der Waals surface area contributed by atoms with Crippen molar-refractivity contribution in [1.82, 2.24) is 15.6 Å². The van der Waals surface area contributed by atoms with Crippen LogP contribution in [0.4, 0.5) is 0 Å². The third-order valence-electron chi connectivity index (χ3n) is 3.51. The smallest absolute Gasteiger partial charge is 0.234 e. The molecule has 0 bridgehead atoms. The number of nitrogens with one attached hydrogen (secondary N) is 2. The van der Waals surface area contributed by atoms with Crippen LogP contribution in [0.15, 0.2) is 29.6 Å². The van der Waals surface area contributed by atoms with Crippen LogP contribution in [-0.4, -0.2) is 24.5 Å². The Morgan fingerprint density at radius 1 is 1.35 bits per heavy atom. The number of hydrogen-bond acceptors (Lipinski definition) is 5. The number of carbonyl (C=O) groups is 1. The molecule has 6 heteroatoms. The molecule has 1 aromatic carbocycles. The molecule has 0 spiro atoms. The summed E-state index contributed by atoms with van der Waals surface area (Å²) in [5.74, 6) is 0.719. The number of amides is 1. The quantitative estimate of drug-likeness (QED) is 0.817. The topological polar surface area (TPSA) is 63.2 Å². The maximum absolute atomic E-state index is 12.1. The molecule has 2 aromatic rings. The van der Waals surface area contributed by atoms with Crippen LogP contribution in [0.1, 0.15) is 30.1 Å². The number of thiazole rings is 1. The predicted octanol–water partition coefficient (Wildman–Crippen LogP) is 2.60. The molecule has 1 aromatic heterocycles. The van der Waals surface area contributed by atoms with Crippen molar-refractivity contribution in [1.29, 1.82) is 0 Å². The van der Waals surface area contributed by atoms with Crippen molar-refractivity contribution in [2.24, 2.45) is 0 Å². The second-order valence-corrected chi connectivity index (χ2v) is 6.72. The minimum Gasteiger partial charge on any atom is -0.496 e. The molecular weight excluding hydrogens is 310 g/mol. The lowest BCUT2D eigenvalue weighted by Crippen LogP contribution is -2.43. The van der Waals surface area contributed by atoms with Crippen LogP contribution in [0.25, 0.3) is 0 Å². The third kappa shape index (κ3) is 4.77. The van der Waals surface area contributed by atoms with Crippen molar-refractivity contribution in [3.8, 4) is 5.75 Å². The van der Waals surface area contributed by atoms with E-state index in [-0.39, 0.29) is 18.0 Å². The largest absolute Gasteiger partial charge is 0.496 e. The van der Waals surface area contributed by atoms with Crippen LogP contribution < -0.4 is 15.4 Å². The highest BCUT2D eigenvalue weighted by Gasteiger charge is 2.24. The molecule has 1 amide bonds. The lowest BCUT2D eigenvalue weighted by Gasteiger charge is -2.23. The normalized spacial score (nSPS) is 11.3. The van der Waals surface area contributed by atoms with Crippen molar-refractivity contribution < 1.29 is 9.53 Å². The van der Waals surface area contributed by atoms with Crippen LogP contribution in [0.3, 0.4) is 0 Å². The van der Waals surface area contributed by atoms with E-state index in [1.807, 2.05) is 50.4 Å². The van der Waals surface area contributed by atoms with Gasteiger partial charge in [-0.05, 0) is 26.8 Å². The predicted molar refractivity (Wildman–Crippen MR) is 92.7 cm³/mol. The molecule has 0 aliphatic heterocycles. The van der Waals surface area contributed by atoms with E-state index in [1.165, 1.54) is 0 Å². The fraction of sp³-hybridized carbons (Fsp3) is 0.412. The summed E-state index contributed by atoms with van der Waals surface area (Å²) >= 11 is 1.60. The molecule has 0 aliphatic carbocycles. The van der Waals surface area contributed by atoms with Gasteiger partial charge in [0.15, 0.2) is 0 Å². The number of methoxy groups -OCH3 is 1. The Hall–Kier alpha value is -1.92. The summed E-state index contributed by atoms with van der Waals surface area (Å²) in [5.41, 5.74) is 1.62. The minimum absolute atomic E-state index is 0.0581. The van der Waals surface area contributed by atoms with Crippen LogP contribution in [-0.2, 0) is 16.9 Å². The summed E-state index contributed by atoms with van der Waals surface area (Å²) in [6.07, 6.45) is 0. The molecule has 2 rings (SSSR count). The van der Waals surface area contributed by atoms with Crippen molar-refractivity contribution in [2.45, 2.75) is 32.9 Å². The average molecular weight is 333 g/mol. The molecule has 0 radical (unpaired) electrons. The van der Waals surface area contributed by atoms with Gasteiger partial charge >= 0.3 is 0 Å². The molecule has 124 valence electrons. The van der Waals surface area contributed by atoms with Gasteiger partial charge < -0.3 is 10.1 Å². The molecule has 0 saturated carbocycles. The Kier molecular flexibility index (Phi) is 5.74. The zero-order chi connectivity index (χ0) is 16.9. The zero-order valence-corrected chi connectivity index (χ0v) is 14.8. The van der Waals surface area contributed by atoms with Crippen molar-refractivity contribution >= 4 is 17.2 Å². The molecule has 0 aliphatic rings. The summed E-state index contributed by atoms with van der Waals surface area (Å²) in [4.78, 5) is 16.6. The van der Waals surface area contributed by atoms with Gasteiger partial charge in [-0.1, -0.05) is 18.2 Å². The summed E-state index contributed by atoms with van der Waals surface area (Å²) in [5, 5.41) is 9.16. The monoisotopic (exact) mass is 333 g/mol. The number of carbonyl (C=O) groups excluding carboxylic acids is 1. The molecule has 1 heterocycles. The number of aryl methyl sites for hydroxylation is 1. The Labute approximate surface area is 141 Å². The highest BCUT2D eigenvalue weighted by Crippen LogP contribution is 2.23. The molecule has 0 fully saturated rings. The zero-order valence-electron chi connectivity index (χ0n) is 14.0. The number of nitrogens with zero attached hydrogens (tertiary/aromatic N) is 1. The van der Waals surface area contributed by atoms with Gasteiger partial charge in [0.2, 0.25) is 5.91 Å². The first-order valence-electron chi connectivity index (χ1n) is 7.48. The Morgan fingerprint density at radius 3 is 2.74 bits per heavy atom. The Bertz CT molecular complexity index is 667. The Morgan fingerprint density at radius 2 is 2.09 bits per heavy atom. The van der Waals surface area contributed by atoms with Crippen LogP contribution in [0.5, 0.6) is 5.75 Å². The third-order valence-corrected chi connectivity index (χ3v) is 4.80. The van der Waals surface area contributed by atoms with Gasteiger partial charge in [0.25, 0.3) is 0 Å². The van der Waals surface area contributed by atoms with Gasteiger partial charge in [0.05, 0.1) is 19.2 Å². The standard InChI is InChI=1S/C17H23N3O2S/c1-12-11-23-16(20-12)17(2,3)19-10-15(21)18-9-13-7-5-6-8-14(13)22-4/h5-8,11,19H,9-10H2,1-4H3,(H,18,21). The van der Waals surface area contributed by atoms with Crippen LogP contribution in [0, 0.1) is 6.92 Å². The summed E-state index contributed by atoms with van der Waals surface area (Å²) in [6.45, 7) is 6.70. The average Bonchev–Trinajstić information content (AvgIpc) is 2.98. The van der Waals surface area contributed by atoms with Gasteiger partial charge in [0, 0.05) is 23.2 Å². The maximum Gasteiger partial charge on any atom is 0.234 e. The number of hydrogen-bond donors (Lipinski definition) is 2. The molecule has 5 nitrogen and oxygen atoms in total. The van der Waals surface area contributed by atoms with E-state index in [9.17, 15) is 4.79 Å². The minimum atomic E-state index is -0.333. The van der Waals surface area contributed by atoms with Crippen molar-refractivity contribution in [3.63, 3.8) is 0 Å². The fourth-order valence-corrected chi connectivity index (χ4v) is 3.02. The van der Waals surface area contributed by atoms with E-state index < -0.39 is 0 Å². The summed E-state index contributed by atoms with van der Waals surface area (Å²) < 4.78 is 5.28. The van der Waals surface area contributed by atoms with E-state index in [4.69, 9.17) is 4.74 Å². The number of benzene rings is 1. The van der Waals surface area contributed by atoms with Crippen LogP contribution >= 0.6 is 11.3 Å². The SMILES string of the molecule is COc1ccccc1CNC(=O)CNC(C)(C)c1nc(C)cs1. The molecule has 2 N–H and O–H groups in total. The summed E-state index contributed by atoms with van der Waals surface area (Å²) in [6, 6.07) is 7.66. The van der Waals surface area contributed by atoms with Crippen molar-refractivity contribution in [3.05, 3.63) is 45.9 Å². The highest BCUT2D eigenvalue weighted by atomic mass is 32.1. The maximum atomic E-state index is 12.1. The molecule has 23 heavy (non-hydrogen) atoms. The number of ether oxygens (including phenoxy) is 1. The first kappa shape index (κ1) is 17.4. The Balaban J connectivity index is 1.85. The number of rotatable bonds is 7. The lowest BCUT2D eigenvalue weighted by molar-refractivity contribution is -0.120.